The van der Waals surface area contributed by atoms with Crippen molar-refractivity contribution in [3.05, 3.63) is 35.4 Å². The number of hydrogen-bond acceptors (Lipinski definition) is 5. The molecule has 6 heteroatoms. The smallest absolute Gasteiger partial charge is 0.327 e. The molecule has 0 saturated carbocycles. The maximum absolute atomic E-state index is 12.1. The van der Waals surface area contributed by atoms with Crippen LogP contribution in [0.2, 0.25) is 0 Å². The Morgan fingerprint density at radius 2 is 2.11 bits per heavy atom. The molecule has 2 rings (SSSR count). The van der Waals surface area contributed by atoms with Crippen molar-refractivity contribution in [2.24, 2.45) is 0 Å². The van der Waals surface area contributed by atoms with Gasteiger partial charge in [-0.1, -0.05) is 18.2 Å². The summed E-state index contributed by atoms with van der Waals surface area (Å²) in [6, 6.07) is 8.40. The molecule has 96 valence electrons. The van der Waals surface area contributed by atoms with Gasteiger partial charge in [-0.25, -0.2) is 0 Å². The van der Waals surface area contributed by atoms with E-state index in [1.54, 1.807) is 30.3 Å². The molecule has 2 amide bonds. The molecular formula is C13H10N2O4. The minimum Gasteiger partial charge on any atom is -0.449 e. The molecule has 0 atom stereocenters. The van der Waals surface area contributed by atoms with Crippen LogP contribution in [0.4, 0.5) is 0 Å². The monoisotopic (exact) mass is 258 g/mol. The summed E-state index contributed by atoms with van der Waals surface area (Å²) in [6.07, 6.45) is 0.0768. The third-order valence-corrected chi connectivity index (χ3v) is 2.72. The number of nitriles is 1. The number of imide groups is 1. The van der Waals surface area contributed by atoms with Crippen LogP contribution in [0.5, 0.6) is 0 Å². The zero-order chi connectivity index (χ0) is 13.8. The minimum atomic E-state index is -0.775. The quantitative estimate of drug-likeness (QED) is 0.574. The summed E-state index contributed by atoms with van der Waals surface area (Å²) in [7, 11) is 0. The Bertz CT molecular complexity index is 589. The fourth-order valence-corrected chi connectivity index (χ4v) is 1.85. The van der Waals surface area contributed by atoms with Crippen molar-refractivity contribution < 1.29 is 19.1 Å². The van der Waals surface area contributed by atoms with Gasteiger partial charge in [0, 0.05) is 5.56 Å². The van der Waals surface area contributed by atoms with E-state index in [-0.39, 0.29) is 6.42 Å². The Morgan fingerprint density at radius 1 is 1.37 bits per heavy atom. The van der Waals surface area contributed by atoms with E-state index in [0.717, 1.165) is 4.90 Å². The second kappa shape index (κ2) is 5.31. The van der Waals surface area contributed by atoms with Gasteiger partial charge >= 0.3 is 5.97 Å². The average molecular weight is 258 g/mol. The lowest BCUT2D eigenvalue weighted by molar-refractivity contribution is -0.146. The number of benzene rings is 1. The van der Waals surface area contributed by atoms with Gasteiger partial charge < -0.3 is 4.74 Å². The van der Waals surface area contributed by atoms with Crippen LogP contribution < -0.4 is 0 Å². The van der Waals surface area contributed by atoms with Gasteiger partial charge in [-0.2, -0.15) is 5.26 Å². The molecule has 0 unspecified atom stereocenters. The normalized spacial score (nSPS) is 13.7. The molecule has 1 aromatic rings. The predicted octanol–water partition coefficient (Wildman–Crippen LogP) is 0.278. The molecule has 0 aliphatic carbocycles. The molecule has 1 aromatic carbocycles. The van der Waals surface area contributed by atoms with Crippen LogP contribution >= 0.6 is 0 Å². The summed E-state index contributed by atoms with van der Waals surface area (Å²) < 4.78 is 4.53. The highest BCUT2D eigenvalue weighted by molar-refractivity contribution is 6.11. The summed E-state index contributed by atoms with van der Waals surface area (Å²) in [5, 5.41) is 8.28. The topological polar surface area (TPSA) is 87.5 Å². The number of rotatable bonds is 3. The SMILES string of the molecule is N#CCOC(=O)CN1C(=O)Cc2ccccc2C1=O. The first-order valence-electron chi connectivity index (χ1n) is 5.58. The third-order valence-electron chi connectivity index (χ3n) is 2.72. The highest BCUT2D eigenvalue weighted by Crippen LogP contribution is 2.19. The molecule has 1 heterocycles. The van der Waals surface area contributed by atoms with Gasteiger partial charge in [0.05, 0.1) is 6.42 Å². The summed E-state index contributed by atoms with van der Waals surface area (Å²) in [5.74, 6) is -1.74. The van der Waals surface area contributed by atoms with Crippen LogP contribution in [-0.2, 0) is 20.7 Å². The Morgan fingerprint density at radius 3 is 2.84 bits per heavy atom. The molecule has 1 aliphatic rings. The molecule has 0 N–H and O–H groups in total. The maximum atomic E-state index is 12.1. The van der Waals surface area contributed by atoms with Gasteiger partial charge in [0.25, 0.3) is 5.91 Å². The Kier molecular flexibility index (Phi) is 3.57. The predicted molar refractivity (Wildman–Crippen MR) is 62.8 cm³/mol. The second-order valence-electron chi connectivity index (χ2n) is 3.94. The second-order valence-corrected chi connectivity index (χ2v) is 3.94. The van der Waals surface area contributed by atoms with Crippen molar-refractivity contribution in [3.63, 3.8) is 0 Å². The van der Waals surface area contributed by atoms with Crippen LogP contribution in [0.3, 0.4) is 0 Å². The average Bonchev–Trinajstić information content (AvgIpc) is 2.41. The van der Waals surface area contributed by atoms with Gasteiger partial charge in [0.15, 0.2) is 6.61 Å². The minimum absolute atomic E-state index is 0.0768. The number of ether oxygens (including phenoxy) is 1. The molecular weight excluding hydrogens is 248 g/mol. The van der Waals surface area contributed by atoms with Gasteiger partial charge in [-0.15, -0.1) is 0 Å². The molecule has 0 fully saturated rings. The molecule has 1 aliphatic heterocycles. The Hall–Kier alpha value is -2.68. The van der Waals surface area contributed by atoms with E-state index in [0.29, 0.717) is 11.1 Å². The zero-order valence-electron chi connectivity index (χ0n) is 9.96. The number of nitrogens with zero attached hydrogens (tertiary/aromatic N) is 2. The first-order valence-corrected chi connectivity index (χ1v) is 5.58. The third kappa shape index (κ3) is 2.60. The van der Waals surface area contributed by atoms with Crippen LogP contribution in [0.25, 0.3) is 0 Å². The molecule has 0 saturated heterocycles. The van der Waals surface area contributed by atoms with E-state index in [9.17, 15) is 14.4 Å². The molecule has 0 bridgehead atoms. The van der Waals surface area contributed by atoms with Crippen molar-refractivity contribution >= 4 is 17.8 Å². The van der Waals surface area contributed by atoms with E-state index >= 15 is 0 Å². The Labute approximate surface area is 109 Å². The van der Waals surface area contributed by atoms with E-state index in [2.05, 4.69) is 4.74 Å². The highest BCUT2D eigenvalue weighted by atomic mass is 16.5. The number of amides is 2. The number of hydrogen-bond donors (Lipinski definition) is 0. The lowest BCUT2D eigenvalue weighted by atomic mass is 9.98. The maximum Gasteiger partial charge on any atom is 0.327 e. The standard InChI is InChI=1S/C13H10N2O4/c14-5-6-19-12(17)8-15-11(16)7-9-3-1-2-4-10(9)13(15)18/h1-4H,6-8H2. The first-order chi connectivity index (χ1) is 9.13. The van der Waals surface area contributed by atoms with Crippen LogP contribution in [0, 0.1) is 11.3 Å². The van der Waals surface area contributed by atoms with Gasteiger partial charge in [0.2, 0.25) is 5.91 Å². The lowest BCUT2D eigenvalue weighted by Gasteiger charge is -2.25. The van der Waals surface area contributed by atoms with Gasteiger partial charge in [-0.3, -0.25) is 19.3 Å². The fraction of sp³-hybridized carbons (Fsp3) is 0.231. The number of esters is 1. The fourth-order valence-electron chi connectivity index (χ4n) is 1.85. The summed E-state index contributed by atoms with van der Waals surface area (Å²) >= 11 is 0. The molecule has 0 spiro atoms. The van der Waals surface area contributed by atoms with Crippen molar-refractivity contribution in [1.29, 1.82) is 5.26 Å². The van der Waals surface area contributed by atoms with Crippen molar-refractivity contribution in [2.45, 2.75) is 6.42 Å². The van der Waals surface area contributed by atoms with E-state index in [1.807, 2.05) is 0 Å². The van der Waals surface area contributed by atoms with Crippen LogP contribution in [0.1, 0.15) is 15.9 Å². The van der Waals surface area contributed by atoms with Crippen LogP contribution in [-0.4, -0.2) is 35.8 Å². The lowest BCUT2D eigenvalue weighted by Crippen LogP contribution is -2.45. The summed E-state index contributed by atoms with van der Waals surface area (Å²) in [4.78, 5) is 36.1. The molecule has 0 aromatic heterocycles. The molecule has 0 radical (unpaired) electrons. The Balaban J connectivity index is 2.15. The first kappa shape index (κ1) is 12.8. The summed E-state index contributed by atoms with van der Waals surface area (Å²) in [5.41, 5.74) is 1.06. The zero-order valence-corrected chi connectivity index (χ0v) is 9.96. The number of fused-ring (bicyclic) bond motifs is 1. The molecule has 6 nitrogen and oxygen atoms in total. The molecule has 19 heavy (non-hydrogen) atoms. The van der Waals surface area contributed by atoms with Gasteiger partial charge in [-0.05, 0) is 11.6 Å². The largest absolute Gasteiger partial charge is 0.449 e. The van der Waals surface area contributed by atoms with Crippen LogP contribution in [0.15, 0.2) is 24.3 Å². The van der Waals surface area contributed by atoms with Crippen molar-refractivity contribution in [2.75, 3.05) is 13.2 Å². The number of carbonyl (C=O) groups is 3. The highest BCUT2D eigenvalue weighted by Gasteiger charge is 2.32. The van der Waals surface area contributed by atoms with E-state index in [1.165, 1.54) is 0 Å². The van der Waals surface area contributed by atoms with E-state index < -0.39 is 30.9 Å². The number of carbonyl (C=O) groups excluding carboxylic acids is 3. The van der Waals surface area contributed by atoms with Crippen molar-refractivity contribution in [3.8, 4) is 6.07 Å². The van der Waals surface area contributed by atoms with Crippen molar-refractivity contribution in [1.82, 2.24) is 4.90 Å². The van der Waals surface area contributed by atoms with E-state index in [4.69, 9.17) is 5.26 Å². The van der Waals surface area contributed by atoms with Gasteiger partial charge in [0.1, 0.15) is 12.6 Å². The summed E-state index contributed by atoms with van der Waals surface area (Å²) in [6.45, 7) is -0.862.